The number of benzene rings is 2. The molecule has 1 heterocycles. The van der Waals surface area contributed by atoms with Gasteiger partial charge < -0.3 is 9.15 Å². The van der Waals surface area contributed by atoms with Crippen molar-refractivity contribution in [2.75, 3.05) is 6.61 Å². The second-order valence-electron chi connectivity index (χ2n) is 6.43. The molecular formula is C20H15ClN4O7. The van der Waals surface area contributed by atoms with Crippen LogP contribution in [-0.2, 0) is 4.79 Å². The molecule has 1 N–H and O–H groups in total. The molecular weight excluding hydrogens is 444 g/mol. The summed E-state index contributed by atoms with van der Waals surface area (Å²) in [6.07, 6.45) is 1.21. The van der Waals surface area contributed by atoms with Crippen molar-refractivity contribution in [2.45, 2.75) is 6.92 Å². The topological polar surface area (TPSA) is 150 Å². The number of carbonyl (C=O) groups excluding carboxylic acids is 1. The molecule has 0 aliphatic heterocycles. The van der Waals surface area contributed by atoms with Gasteiger partial charge in [-0.05, 0) is 36.8 Å². The normalized spacial score (nSPS) is 10.8. The number of non-ortho nitro benzene ring substituents is 1. The van der Waals surface area contributed by atoms with Gasteiger partial charge in [0, 0.05) is 23.8 Å². The fraction of sp³-hybridized carbons (Fsp3) is 0.100. The fourth-order valence-electron chi connectivity index (χ4n) is 2.62. The van der Waals surface area contributed by atoms with E-state index in [4.69, 9.17) is 20.8 Å². The first-order chi connectivity index (χ1) is 15.2. The number of nitro benzene ring substituents is 2. The van der Waals surface area contributed by atoms with E-state index in [1.807, 2.05) is 0 Å². The Labute approximate surface area is 185 Å². The van der Waals surface area contributed by atoms with Crippen LogP contribution in [0.5, 0.6) is 5.75 Å². The monoisotopic (exact) mass is 458 g/mol. The van der Waals surface area contributed by atoms with Crippen LogP contribution in [0.3, 0.4) is 0 Å². The lowest BCUT2D eigenvalue weighted by atomic mass is 10.1. The summed E-state index contributed by atoms with van der Waals surface area (Å²) in [5.74, 6) is -0.159. The molecule has 1 aromatic heterocycles. The highest BCUT2D eigenvalue weighted by molar-refractivity contribution is 6.33. The van der Waals surface area contributed by atoms with E-state index in [1.54, 1.807) is 19.1 Å². The minimum absolute atomic E-state index is 0.0377. The molecule has 0 unspecified atom stereocenters. The molecule has 0 aliphatic rings. The number of hydrazone groups is 1. The van der Waals surface area contributed by atoms with Crippen molar-refractivity contribution >= 4 is 35.1 Å². The smallest absolute Gasteiger partial charge is 0.311 e. The maximum Gasteiger partial charge on any atom is 0.311 e. The number of amides is 1. The molecule has 3 rings (SSSR count). The van der Waals surface area contributed by atoms with Crippen LogP contribution in [0.1, 0.15) is 11.3 Å². The minimum Gasteiger partial charge on any atom is -0.477 e. The van der Waals surface area contributed by atoms with Gasteiger partial charge in [0.1, 0.15) is 11.5 Å². The third kappa shape index (κ3) is 5.46. The summed E-state index contributed by atoms with van der Waals surface area (Å²) >= 11 is 6.09. The van der Waals surface area contributed by atoms with Crippen molar-refractivity contribution in [1.82, 2.24) is 5.43 Å². The number of halogens is 1. The summed E-state index contributed by atoms with van der Waals surface area (Å²) in [5.41, 5.74) is 2.83. The van der Waals surface area contributed by atoms with Crippen LogP contribution in [-0.4, -0.2) is 28.6 Å². The number of ether oxygens (including phenoxy) is 1. The number of hydrogen-bond acceptors (Lipinski definition) is 8. The largest absolute Gasteiger partial charge is 0.477 e. The number of nitro groups is 2. The first kappa shape index (κ1) is 22.4. The zero-order valence-electron chi connectivity index (χ0n) is 16.5. The summed E-state index contributed by atoms with van der Waals surface area (Å²) in [6.45, 7) is 1.21. The molecule has 0 atom stereocenters. The summed E-state index contributed by atoms with van der Waals surface area (Å²) in [5, 5.41) is 26.0. The van der Waals surface area contributed by atoms with E-state index in [2.05, 4.69) is 10.5 Å². The van der Waals surface area contributed by atoms with E-state index in [-0.39, 0.29) is 33.7 Å². The predicted molar refractivity (Wildman–Crippen MR) is 115 cm³/mol. The fourth-order valence-corrected chi connectivity index (χ4v) is 2.83. The molecule has 164 valence electrons. The average Bonchev–Trinajstić information content (AvgIpc) is 3.21. The average molecular weight is 459 g/mol. The molecule has 0 spiro atoms. The molecule has 3 aromatic rings. The Morgan fingerprint density at radius 2 is 1.94 bits per heavy atom. The van der Waals surface area contributed by atoms with Crippen LogP contribution in [0.2, 0.25) is 5.02 Å². The van der Waals surface area contributed by atoms with Gasteiger partial charge in [-0.25, -0.2) is 5.43 Å². The van der Waals surface area contributed by atoms with Crippen LogP contribution in [0.15, 0.2) is 58.0 Å². The van der Waals surface area contributed by atoms with E-state index in [0.29, 0.717) is 11.1 Å². The number of rotatable bonds is 8. The highest BCUT2D eigenvalue weighted by Gasteiger charge is 2.16. The first-order valence-corrected chi connectivity index (χ1v) is 9.36. The standard InChI is InChI=1S/C20H15ClN4O7/c1-12-2-6-19(17(8-12)25(29)30)31-11-20(26)23-22-10-14-4-7-18(32-14)15-9-13(24(27)28)3-5-16(15)21/h2-10H,11H2,1H3,(H,23,26)/b22-10+. The molecule has 0 aliphatic carbocycles. The van der Waals surface area contributed by atoms with Crippen LogP contribution in [0.25, 0.3) is 11.3 Å². The molecule has 11 nitrogen and oxygen atoms in total. The van der Waals surface area contributed by atoms with Gasteiger partial charge in [-0.3, -0.25) is 25.0 Å². The first-order valence-electron chi connectivity index (χ1n) is 8.98. The Kier molecular flexibility index (Phi) is 6.80. The Morgan fingerprint density at radius 1 is 1.16 bits per heavy atom. The van der Waals surface area contributed by atoms with Crippen molar-refractivity contribution in [1.29, 1.82) is 0 Å². The Balaban J connectivity index is 1.60. The quantitative estimate of drug-likeness (QED) is 0.301. The number of nitrogens with zero attached hydrogens (tertiary/aromatic N) is 3. The SMILES string of the molecule is Cc1ccc(OCC(=O)N/N=C/c2ccc(-c3cc([N+](=O)[O-])ccc3Cl)o2)c([N+](=O)[O-])c1. The lowest BCUT2D eigenvalue weighted by Gasteiger charge is -2.06. The van der Waals surface area contributed by atoms with Crippen molar-refractivity contribution < 1.29 is 23.8 Å². The maximum absolute atomic E-state index is 11.9. The summed E-state index contributed by atoms with van der Waals surface area (Å²) in [6, 6.07) is 11.4. The second-order valence-corrected chi connectivity index (χ2v) is 6.84. The highest BCUT2D eigenvalue weighted by atomic mass is 35.5. The summed E-state index contributed by atoms with van der Waals surface area (Å²) in [4.78, 5) is 32.8. The number of furan rings is 1. The molecule has 0 saturated heterocycles. The van der Waals surface area contributed by atoms with Gasteiger partial charge in [0.2, 0.25) is 0 Å². The number of nitrogens with one attached hydrogen (secondary N) is 1. The van der Waals surface area contributed by atoms with Gasteiger partial charge in [0.25, 0.3) is 11.6 Å². The maximum atomic E-state index is 11.9. The zero-order chi connectivity index (χ0) is 23.3. The third-order valence-corrected chi connectivity index (χ3v) is 4.43. The van der Waals surface area contributed by atoms with E-state index in [9.17, 15) is 25.0 Å². The molecule has 0 bridgehead atoms. The molecule has 12 heteroatoms. The van der Waals surface area contributed by atoms with Gasteiger partial charge >= 0.3 is 5.69 Å². The van der Waals surface area contributed by atoms with Gasteiger partial charge in [0.15, 0.2) is 12.4 Å². The van der Waals surface area contributed by atoms with E-state index in [0.717, 1.165) is 0 Å². The zero-order valence-corrected chi connectivity index (χ0v) is 17.2. The highest BCUT2D eigenvalue weighted by Crippen LogP contribution is 2.32. The molecule has 2 aromatic carbocycles. The molecule has 0 fully saturated rings. The van der Waals surface area contributed by atoms with Crippen LogP contribution < -0.4 is 10.2 Å². The van der Waals surface area contributed by atoms with E-state index in [1.165, 1.54) is 42.6 Å². The van der Waals surface area contributed by atoms with Gasteiger partial charge in [0.05, 0.1) is 21.1 Å². The van der Waals surface area contributed by atoms with E-state index >= 15 is 0 Å². The van der Waals surface area contributed by atoms with Crippen molar-refractivity contribution in [3.05, 3.63) is 85.1 Å². The Morgan fingerprint density at radius 3 is 2.66 bits per heavy atom. The number of carbonyl (C=O) groups is 1. The van der Waals surface area contributed by atoms with Gasteiger partial charge in [-0.1, -0.05) is 17.7 Å². The Bertz CT molecular complexity index is 1220. The third-order valence-electron chi connectivity index (χ3n) is 4.10. The summed E-state index contributed by atoms with van der Waals surface area (Å²) < 4.78 is 10.7. The van der Waals surface area contributed by atoms with Crippen LogP contribution in [0, 0.1) is 27.2 Å². The van der Waals surface area contributed by atoms with Crippen LogP contribution in [0.4, 0.5) is 11.4 Å². The van der Waals surface area contributed by atoms with Crippen molar-refractivity contribution in [3.63, 3.8) is 0 Å². The predicted octanol–water partition coefficient (Wildman–Crippen LogP) is 4.25. The molecule has 32 heavy (non-hydrogen) atoms. The Hall–Kier alpha value is -4.25. The lowest BCUT2D eigenvalue weighted by molar-refractivity contribution is -0.385. The minimum atomic E-state index is -0.648. The van der Waals surface area contributed by atoms with Crippen LogP contribution >= 0.6 is 11.6 Å². The summed E-state index contributed by atoms with van der Waals surface area (Å²) in [7, 11) is 0. The molecule has 1 amide bonds. The molecule has 0 saturated carbocycles. The van der Waals surface area contributed by atoms with Crippen molar-refractivity contribution in [3.8, 4) is 17.1 Å². The molecule has 0 radical (unpaired) electrons. The van der Waals surface area contributed by atoms with Crippen molar-refractivity contribution in [2.24, 2.45) is 5.10 Å². The van der Waals surface area contributed by atoms with Gasteiger partial charge in [-0.15, -0.1) is 0 Å². The number of hydrogen-bond donors (Lipinski definition) is 1. The second kappa shape index (κ2) is 9.71. The number of aryl methyl sites for hydroxylation is 1. The van der Waals surface area contributed by atoms with E-state index < -0.39 is 22.4 Å². The lowest BCUT2D eigenvalue weighted by Crippen LogP contribution is -2.24. The van der Waals surface area contributed by atoms with Gasteiger partial charge in [-0.2, -0.15) is 5.10 Å².